The second kappa shape index (κ2) is 6.33. The first kappa shape index (κ1) is 14.3. The summed E-state index contributed by atoms with van der Waals surface area (Å²) < 4.78 is 30.3. The predicted molar refractivity (Wildman–Crippen MR) is 68.7 cm³/mol. The predicted octanol–water partition coefficient (Wildman–Crippen LogP) is 2.28. The van der Waals surface area contributed by atoms with Gasteiger partial charge >= 0.3 is 6.55 Å². The van der Waals surface area contributed by atoms with E-state index in [4.69, 9.17) is 4.74 Å². The number of nitrogens with one attached hydrogen (secondary N) is 1. The largest absolute Gasteiger partial charge is 0.504 e. The molecule has 0 amide bonds. The highest BCUT2D eigenvalue weighted by molar-refractivity contribution is 5.41. The Morgan fingerprint density at radius 2 is 2.15 bits per heavy atom. The van der Waals surface area contributed by atoms with Gasteiger partial charge in [-0.25, -0.2) is 4.68 Å². The number of benzene rings is 1. The third kappa shape index (κ3) is 3.45. The van der Waals surface area contributed by atoms with Gasteiger partial charge in [0.25, 0.3) is 0 Å². The smallest absolute Gasteiger partial charge is 0.333 e. The minimum atomic E-state index is -2.62. The van der Waals surface area contributed by atoms with Crippen molar-refractivity contribution in [1.82, 2.24) is 15.1 Å². The van der Waals surface area contributed by atoms with Gasteiger partial charge in [0, 0.05) is 19.3 Å². The summed E-state index contributed by atoms with van der Waals surface area (Å²) in [5, 5.41) is 16.3. The van der Waals surface area contributed by atoms with E-state index in [9.17, 15) is 13.9 Å². The molecule has 5 nitrogen and oxygen atoms in total. The van der Waals surface area contributed by atoms with Crippen molar-refractivity contribution in [2.45, 2.75) is 19.6 Å². The van der Waals surface area contributed by atoms with Crippen LogP contribution in [0.5, 0.6) is 11.5 Å². The molecule has 2 aromatic rings. The van der Waals surface area contributed by atoms with Crippen molar-refractivity contribution < 1.29 is 18.6 Å². The quantitative estimate of drug-likeness (QED) is 0.854. The zero-order chi connectivity index (χ0) is 14.5. The molecule has 108 valence electrons. The molecule has 1 aromatic heterocycles. The first-order valence-electron chi connectivity index (χ1n) is 5.99. The lowest BCUT2D eigenvalue weighted by Crippen LogP contribution is -2.13. The number of nitrogens with zero attached hydrogens (tertiary/aromatic N) is 2. The summed E-state index contributed by atoms with van der Waals surface area (Å²) in [6.45, 7) is -1.73. The fraction of sp³-hybridized carbons (Fsp3) is 0.308. The van der Waals surface area contributed by atoms with E-state index in [-0.39, 0.29) is 5.75 Å². The van der Waals surface area contributed by atoms with Crippen molar-refractivity contribution in [2.75, 3.05) is 7.11 Å². The molecular weight excluding hydrogens is 268 g/mol. The van der Waals surface area contributed by atoms with Crippen LogP contribution < -0.4 is 10.1 Å². The van der Waals surface area contributed by atoms with Gasteiger partial charge in [-0.2, -0.15) is 13.9 Å². The minimum Gasteiger partial charge on any atom is -0.504 e. The van der Waals surface area contributed by atoms with Crippen molar-refractivity contribution >= 4 is 0 Å². The van der Waals surface area contributed by atoms with Crippen molar-refractivity contribution in [3.8, 4) is 11.5 Å². The number of rotatable bonds is 6. The Hall–Kier alpha value is -2.15. The first-order chi connectivity index (χ1) is 9.60. The van der Waals surface area contributed by atoms with Crippen molar-refractivity contribution in [2.24, 2.45) is 0 Å². The van der Waals surface area contributed by atoms with Crippen LogP contribution in [0.1, 0.15) is 17.8 Å². The number of aromatic nitrogens is 2. The van der Waals surface area contributed by atoms with Crippen molar-refractivity contribution in [3.05, 3.63) is 41.7 Å². The van der Waals surface area contributed by atoms with E-state index in [2.05, 4.69) is 10.4 Å². The van der Waals surface area contributed by atoms with Crippen LogP contribution in [0.4, 0.5) is 8.78 Å². The Morgan fingerprint density at radius 1 is 1.35 bits per heavy atom. The number of hydrogen-bond acceptors (Lipinski definition) is 4. The topological polar surface area (TPSA) is 59.3 Å². The van der Waals surface area contributed by atoms with E-state index in [1.807, 2.05) is 0 Å². The van der Waals surface area contributed by atoms with Crippen LogP contribution in [0, 0.1) is 0 Å². The molecule has 0 radical (unpaired) electrons. The molecule has 0 spiro atoms. The van der Waals surface area contributed by atoms with Crippen LogP contribution in [0.3, 0.4) is 0 Å². The van der Waals surface area contributed by atoms with Gasteiger partial charge in [0.2, 0.25) is 0 Å². The summed E-state index contributed by atoms with van der Waals surface area (Å²) in [7, 11) is 1.48. The standard InChI is InChI=1S/C13H15F2N3O2/c1-20-12-6-9(2-3-11(12)19)7-16-8-10-4-5-18(17-10)13(14)15/h2-6,13,16,19H,7-8H2,1H3. The molecule has 0 fully saturated rings. The second-order valence-electron chi connectivity index (χ2n) is 4.17. The molecule has 0 atom stereocenters. The molecule has 20 heavy (non-hydrogen) atoms. The highest BCUT2D eigenvalue weighted by Crippen LogP contribution is 2.26. The van der Waals surface area contributed by atoms with E-state index in [1.54, 1.807) is 18.2 Å². The molecule has 0 unspecified atom stereocenters. The van der Waals surface area contributed by atoms with Crippen LogP contribution in [0.15, 0.2) is 30.5 Å². The molecule has 0 bridgehead atoms. The Morgan fingerprint density at radius 3 is 2.80 bits per heavy atom. The molecule has 0 aliphatic heterocycles. The number of phenolic OH excluding ortho intramolecular Hbond substituents is 1. The third-order valence-electron chi connectivity index (χ3n) is 2.74. The van der Waals surface area contributed by atoms with Gasteiger partial charge in [0.1, 0.15) is 0 Å². The Balaban J connectivity index is 1.89. The van der Waals surface area contributed by atoms with E-state index >= 15 is 0 Å². The molecule has 2 N–H and O–H groups in total. The summed E-state index contributed by atoms with van der Waals surface area (Å²) >= 11 is 0. The molecule has 0 aliphatic carbocycles. The summed E-state index contributed by atoms with van der Waals surface area (Å²) in [6, 6.07) is 6.54. The van der Waals surface area contributed by atoms with Crippen LogP contribution in [-0.4, -0.2) is 22.0 Å². The maximum atomic E-state index is 12.3. The molecule has 0 saturated carbocycles. The maximum absolute atomic E-state index is 12.3. The van der Waals surface area contributed by atoms with Gasteiger partial charge in [-0.1, -0.05) is 6.07 Å². The molecule has 1 aromatic carbocycles. The monoisotopic (exact) mass is 283 g/mol. The lowest BCUT2D eigenvalue weighted by atomic mass is 10.2. The second-order valence-corrected chi connectivity index (χ2v) is 4.17. The summed E-state index contributed by atoms with van der Waals surface area (Å²) in [4.78, 5) is 0. The normalized spacial score (nSPS) is 11.0. The molecule has 0 saturated heterocycles. The number of halogens is 2. The van der Waals surface area contributed by atoms with E-state index in [0.717, 1.165) is 5.56 Å². The zero-order valence-corrected chi connectivity index (χ0v) is 10.9. The van der Waals surface area contributed by atoms with E-state index in [1.165, 1.54) is 19.4 Å². The van der Waals surface area contributed by atoms with Crippen LogP contribution in [0.25, 0.3) is 0 Å². The lowest BCUT2D eigenvalue weighted by molar-refractivity contribution is 0.0561. The minimum absolute atomic E-state index is 0.0759. The first-order valence-corrected chi connectivity index (χ1v) is 5.99. The van der Waals surface area contributed by atoms with Gasteiger partial charge in [0.15, 0.2) is 11.5 Å². The molecule has 2 rings (SSSR count). The van der Waals surface area contributed by atoms with Gasteiger partial charge in [-0.3, -0.25) is 0 Å². The third-order valence-corrected chi connectivity index (χ3v) is 2.74. The lowest BCUT2D eigenvalue weighted by Gasteiger charge is -2.07. The Labute approximate surface area is 114 Å². The molecular formula is C13H15F2N3O2. The maximum Gasteiger partial charge on any atom is 0.333 e. The molecule has 7 heteroatoms. The zero-order valence-electron chi connectivity index (χ0n) is 10.9. The van der Waals surface area contributed by atoms with Gasteiger partial charge in [-0.15, -0.1) is 0 Å². The fourth-order valence-corrected chi connectivity index (χ4v) is 1.75. The summed E-state index contributed by atoms with van der Waals surface area (Å²) in [5.74, 6) is 0.471. The number of hydrogen-bond donors (Lipinski definition) is 2. The average Bonchev–Trinajstić information content (AvgIpc) is 2.89. The number of alkyl halides is 2. The highest BCUT2D eigenvalue weighted by Gasteiger charge is 2.07. The molecule has 0 aliphatic rings. The SMILES string of the molecule is COc1cc(CNCc2ccn(C(F)F)n2)ccc1O. The van der Waals surface area contributed by atoms with Crippen LogP contribution >= 0.6 is 0 Å². The number of aromatic hydroxyl groups is 1. The average molecular weight is 283 g/mol. The number of methoxy groups -OCH3 is 1. The highest BCUT2D eigenvalue weighted by atomic mass is 19.3. The van der Waals surface area contributed by atoms with Gasteiger partial charge in [0.05, 0.1) is 12.8 Å². The van der Waals surface area contributed by atoms with E-state index < -0.39 is 6.55 Å². The van der Waals surface area contributed by atoms with Crippen LogP contribution in [-0.2, 0) is 13.1 Å². The fourth-order valence-electron chi connectivity index (χ4n) is 1.75. The van der Waals surface area contributed by atoms with Gasteiger partial charge < -0.3 is 15.2 Å². The van der Waals surface area contributed by atoms with Gasteiger partial charge in [-0.05, 0) is 23.8 Å². The summed E-state index contributed by atoms with van der Waals surface area (Å²) in [5.41, 5.74) is 1.45. The number of ether oxygens (including phenoxy) is 1. The van der Waals surface area contributed by atoms with Crippen LogP contribution in [0.2, 0.25) is 0 Å². The number of phenols is 1. The van der Waals surface area contributed by atoms with Crippen molar-refractivity contribution in [3.63, 3.8) is 0 Å². The van der Waals surface area contributed by atoms with Crippen molar-refractivity contribution in [1.29, 1.82) is 0 Å². The molecule has 1 heterocycles. The summed E-state index contributed by atoms with van der Waals surface area (Å²) in [6.07, 6.45) is 1.24. The Bertz CT molecular complexity index is 572. The Kier molecular flexibility index (Phi) is 4.52. The van der Waals surface area contributed by atoms with E-state index in [0.29, 0.717) is 29.2 Å².